The molecule has 0 radical (unpaired) electrons. The number of nitrogens with zero attached hydrogens (tertiary/aromatic N) is 1. The van der Waals surface area contributed by atoms with Crippen LogP contribution in [0.5, 0.6) is 11.5 Å². The molecule has 1 saturated heterocycles. The number of hydrogen-bond donors (Lipinski definition) is 1. The minimum absolute atomic E-state index is 0.208. The largest absolute Gasteiger partial charge is 0.493 e. The maximum Gasteiger partial charge on any atom is 0.335 e. The SMILES string of the molecule is CCc1ccc(N2C(=O)NC(=O)/C(=C/c3cc(Cl)c(OCc4ccc(C)cc4)c(OC)c3)C2=O)cc1. The summed E-state index contributed by atoms with van der Waals surface area (Å²) < 4.78 is 11.4. The third-order valence-electron chi connectivity index (χ3n) is 5.77. The lowest BCUT2D eigenvalue weighted by atomic mass is 10.1. The number of anilines is 1. The van der Waals surface area contributed by atoms with Gasteiger partial charge in [0, 0.05) is 0 Å². The number of rotatable bonds is 7. The fourth-order valence-electron chi connectivity index (χ4n) is 3.74. The summed E-state index contributed by atoms with van der Waals surface area (Å²) in [7, 11) is 1.47. The van der Waals surface area contributed by atoms with E-state index in [4.69, 9.17) is 21.1 Å². The van der Waals surface area contributed by atoms with Gasteiger partial charge in [-0.15, -0.1) is 0 Å². The van der Waals surface area contributed by atoms with Gasteiger partial charge in [0.15, 0.2) is 11.5 Å². The fourth-order valence-corrected chi connectivity index (χ4v) is 4.02. The molecule has 1 aliphatic heterocycles. The topological polar surface area (TPSA) is 84.9 Å². The third-order valence-corrected chi connectivity index (χ3v) is 6.05. The number of hydrogen-bond acceptors (Lipinski definition) is 5. The number of halogens is 1. The van der Waals surface area contributed by atoms with Gasteiger partial charge in [-0.05, 0) is 60.4 Å². The van der Waals surface area contributed by atoms with Crippen molar-refractivity contribution in [3.63, 3.8) is 0 Å². The summed E-state index contributed by atoms with van der Waals surface area (Å²) in [5.74, 6) is -0.841. The molecule has 4 rings (SSSR count). The summed E-state index contributed by atoms with van der Waals surface area (Å²) in [4.78, 5) is 39.1. The van der Waals surface area contributed by atoms with Crippen LogP contribution < -0.4 is 19.7 Å². The van der Waals surface area contributed by atoms with Crippen molar-refractivity contribution < 1.29 is 23.9 Å². The number of nitrogens with one attached hydrogen (secondary N) is 1. The summed E-state index contributed by atoms with van der Waals surface area (Å²) in [6, 6.07) is 17.3. The van der Waals surface area contributed by atoms with Crippen molar-refractivity contribution >= 4 is 41.2 Å². The summed E-state index contributed by atoms with van der Waals surface area (Å²) in [6.45, 7) is 4.29. The molecule has 1 aliphatic rings. The molecule has 7 nitrogen and oxygen atoms in total. The second kappa shape index (κ2) is 10.7. The van der Waals surface area contributed by atoms with Gasteiger partial charge in [-0.2, -0.15) is 0 Å². The maximum atomic E-state index is 13.2. The van der Waals surface area contributed by atoms with E-state index in [1.54, 1.807) is 24.3 Å². The van der Waals surface area contributed by atoms with E-state index in [0.717, 1.165) is 28.0 Å². The Morgan fingerprint density at radius 1 is 0.972 bits per heavy atom. The minimum atomic E-state index is -0.804. The van der Waals surface area contributed by atoms with E-state index in [2.05, 4.69) is 5.32 Å². The fraction of sp³-hybridized carbons (Fsp3) is 0.179. The molecule has 3 aromatic rings. The number of carbonyl (C=O) groups excluding carboxylic acids is 3. The zero-order valence-corrected chi connectivity index (χ0v) is 20.9. The van der Waals surface area contributed by atoms with Crippen LogP contribution in [0, 0.1) is 6.92 Å². The van der Waals surface area contributed by atoms with Gasteiger partial charge < -0.3 is 9.47 Å². The van der Waals surface area contributed by atoms with Gasteiger partial charge in [0.2, 0.25) is 0 Å². The number of methoxy groups -OCH3 is 1. The molecule has 3 aromatic carbocycles. The highest BCUT2D eigenvalue weighted by Crippen LogP contribution is 2.38. The number of amides is 4. The summed E-state index contributed by atoms with van der Waals surface area (Å²) >= 11 is 6.49. The number of aryl methyl sites for hydroxylation is 2. The second-order valence-electron chi connectivity index (χ2n) is 8.29. The van der Waals surface area contributed by atoms with Crippen LogP contribution in [0.1, 0.15) is 29.2 Å². The smallest absolute Gasteiger partial charge is 0.335 e. The summed E-state index contributed by atoms with van der Waals surface area (Å²) in [5, 5.41) is 2.47. The van der Waals surface area contributed by atoms with Crippen LogP contribution in [-0.4, -0.2) is 25.0 Å². The highest BCUT2D eigenvalue weighted by atomic mass is 35.5. The minimum Gasteiger partial charge on any atom is -0.493 e. The molecule has 0 aromatic heterocycles. The van der Waals surface area contributed by atoms with Gasteiger partial charge in [0.1, 0.15) is 12.2 Å². The normalized spacial score (nSPS) is 14.7. The molecular weight excluding hydrogens is 480 g/mol. The van der Waals surface area contributed by atoms with Gasteiger partial charge >= 0.3 is 6.03 Å². The molecule has 1 heterocycles. The highest BCUT2D eigenvalue weighted by Gasteiger charge is 2.36. The van der Waals surface area contributed by atoms with Crippen LogP contribution in [0.2, 0.25) is 5.02 Å². The van der Waals surface area contributed by atoms with Crippen molar-refractivity contribution in [1.82, 2.24) is 5.32 Å². The first-order valence-electron chi connectivity index (χ1n) is 11.4. The first-order chi connectivity index (χ1) is 17.3. The zero-order valence-electron chi connectivity index (χ0n) is 20.1. The van der Waals surface area contributed by atoms with Gasteiger partial charge in [-0.3, -0.25) is 14.9 Å². The Morgan fingerprint density at radius 3 is 2.28 bits per heavy atom. The van der Waals surface area contributed by atoms with E-state index >= 15 is 0 Å². The molecule has 1 N–H and O–H groups in total. The molecule has 184 valence electrons. The van der Waals surface area contributed by atoms with E-state index in [-0.39, 0.29) is 17.2 Å². The first-order valence-corrected chi connectivity index (χ1v) is 11.7. The predicted octanol–water partition coefficient (Wildman–Crippen LogP) is 5.46. The lowest BCUT2D eigenvalue weighted by Crippen LogP contribution is -2.54. The Bertz CT molecular complexity index is 1350. The Morgan fingerprint density at radius 2 is 1.64 bits per heavy atom. The molecule has 0 aliphatic carbocycles. The number of urea groups is 1. The lowest BCUT2D eigenvalue weighted by Gasteiger charge is -2.26. The average Bonchev–Trinajstić information content (AvgIpc) is 2.87. The van der Waals surface area contributed by atoms with E-state index in [0.29, 0.717) is 22.7 Å². The Kier molecular flexibility index (Phi) is 7.41. The van der Waals surface area contributed by atoms with Gasteiger partial charge in [-0.1, -0.05) is 60.5 Å². The zero-order chi connectivity index (χ0) is 25.8. The number of ether oxygens (including phenoxy) is 2. The molecule has 0 atom stereocenters. The number of barbiturate groups is 1. The summed E-state index contributed by atoms with van der Waals surface area (Å²) in [5.41, 5.74) is 3.76. The number of carbonyl (C=O) groups is 3. The first kappa shape index (κ1) is 25.0. The molecule has 4 amide bonds. The van der Waals surface area contributed by atoms with Gasteiger partial charge in [0.25, 0.3) is 11.8 Å². The average molecular weight is 505 g/mol. The third kappa shape index (κ3) is 5.26. The summed E-state index contributed by atoms with van der Waals surface area (Å²) in [6.07, 6.45) is 2.19. The Labute approximate surface area is 214 Å². The molecule has 0 unspecified atom stereocenters. The van der Waals surface area contributed by atoms with Crippen LogP contribution in [-0.2, 0) is 22.6 Å². The molecule has 0 saturated carbocycles. The lowest BCUT2D eigenvalue weighted by molar-refractivity contribution is -0.122. The van der Waals surface area contributed by atoms with Crippen molar-refractivity contribution in [1.29, 1.82) is 0 Å². The number of benzene rings is 3. The monoisotopic (exact) mass is 504 g/mol. The number of imide groups is 2. The van der Waals surface area contributed by atoms with Crippen LogP contribution in [0.4, 0.5) is 10.5 Å². The molecular formula is C28H25ClN2O5. The van der Waals surface area contributed by atoms with Crippen molar-refractivity contribution in [2.75, 3.05) is 12.0 Å². The Hall–Kier alpha value is -4.10. The van der Waals surface area contributed by atoms with Gasteiger partial charge in [-0.25, -0.2) is 9.69 Å². The molecule has 0 bridgehead atoms. The predicted molar refractivity (Wildman–Crippen MR) is 138 cm³/mol. The molecule has 36 heavy (non-hydrogen) atoms. The van der Waals surface area contributed by atoms with Crippen molar-refractivity contribution in [2.24, 2.45) is 0 Å². The van der Waals surface area contributed by atoms with Gasteiger partial charge in [0.05, 0.1) is 17.8 Å². The van der Waals surface area contributed by atoms with E-state index in [1.807, 2.05) is 50.2 Å². The van der Waals surface area contributed by atoms with E-state index in [9.17, 15) is 14.4 Å². The van der Waals surface area contributed by atoms with E-state index in [1.165, 1.54) is 13.2 Å². The quantitative estimate of drug-likeness (QED) is 0.341. The molecule has 8 heteroatoms. The van der Waals surface area contributed by atoms with Crippen LogP contribution >= 0.6 is 11.6 Å². The standard InChI is InChI=1S/C28H25ClN2O5/c1-4-18-9-11-21(12-10-18)31-27(33)22(26(32)30-28(31)34)13-20-14-23(29)25(24(15-20)35-3)36-16-19-7-5-17(2)6-8-19/h5-15H,4,16H2,1-3H3,(H,30,32,34)/b22-13-. The Balaban J connectivity index is 1.62. The second-order valence-corrected chi connectivity index (χ2v) is 8.69. The molecule has 0 spiro atoms. The van der Waals surface area contributed by atoms with Crippen LogP contribution in [0.3, 0.4) is 0 Å². The van der Waals surface area contributed by atoms with Crippen molar-refractivity contribution in [3.8, 4) is 11.5 Å². The molecule has 1 fully saturated rings. The van der Waals surface area contributed by atoms with E-state index < -0.39 is 17.8 Å². The highest BCUT2D eigenvalue weighted by molar-refractivity contribution is 6.39. The van der Waals surface area contributed by atoms with Crippen molar-refractivity contribution in [3.05, 3.63) is 93.5 Å². The van der Waals surface area contributed by atoms with Crippen LogP contribution in [0.15, 0.2) is 66.2 Å². The van der Waals surface area contributed by atoms with Crippen molar-refractivity contribution in [2.45, 2.75) is 26.9 Å². The maximum absolute atomic E-state index is 13.2. The van der Waals surface area contributed by atoms with Crippen LogP contribution in [0.25, 0.3) is 6.08 Å².